The molecule has 0 unspecified atom stereocenters. The van der Waals surface area contributed by atoms with E-state index in [1.807, 2.05) is 20.8 Å². The quantitative estimate of drug-likeness (QED) is 0.578. The van der Waals surface area contributed by atoms with E-state index in [2.05, 4.69) is 0 Å². The van der Waals surface area contributed by atoms with Gasteiger partial charge in [-0.1, -0.05) is 31.4 Å². The van der Waals surface area contributed by atoms with Crippen molar-refractivity contribution in [1.29, 1.82) is 0 Å². The minimum atomic E-state index is -4.36. The summed E-state index contributed by atoms with van der Waals surface area (Å²) in [5.74, 6) is 0.974. The number of nitrogens with zero attached hydrogens (tertiary/aromatic N) is 1. The Balaban J connectivity index is 1.87. The van der Waals surface area contributed by atoms with Crippen molar-refractivity contribution in [3.8, 4) is 0 Å². The Bertz CT molecular complexity index is 663. The van der Waals surface area contributed by atoms with Crippen molar-refractivity contribution in [1.82, 2.24) is 4.90 Å². The molecule has 0 aromatic heterocycles. The van der Waals surface area contributed by atoms with Crippen LogP contribution in [-0.4, -0.2) is 23.1 Å². The summed E-state index contributed by atoms with van der Waals surface area (Å²) >= 11 is 0. The van der Waals surface area contributed by atoms with Crippen LogP contribution in [0, 0.1) is 11.8 Å². The van der Waals surface area contributed by atoms with Gasteiger partial charge in [0.05, 0.1) is 11.6 Å². The van der Waals surface area contributed by atoms with E-state index in [4.69, 9.17) is 4.74 Å². The van der Waals surface area contributed by atoms with Gasteiger partial charge in [-0.25, -0.2) is 4.79 Å². The first kappa shape index (κ1) is 20.0. The van der Waals surface area contributed by atoms with Crippen LogP contribution in [0.4, 0.5) is 18.0 Å². The first-order valence-electron chi connectivity index (χ1n) is 9.71. The average Bonchev–Trinajstić information content (AvgIpc) is 2.58. The Kier molecular flexibility index (Phi) is 5.46. The molecule has 0 spiro atoms. The van der Waals surface area contributed by atoms with Crippen LogP contribution in [0.1, 0.15) is 70.0 Å². The summed E-state index contributed by atoms with van der Waals surface area (Å²) in [5, 5.41) is 0. The van der Waals surface area contributed by atoms with Gasteiger partial charge in [0.1, 0.15) is 5.60 Å². The minimum absolute atomic E-state index is 0.235. The van der Waals surface area contributed by atoms with Crippen molar-refractivity contribution in [2.24, 2.45) is 11.8 Å². The highest BCUT2D eigenvalue weighted by Crippen LogP contribution is 2.44. The Morgan fingerprint density at radius 1 is 1.04 bits per heavy atom. The molecule has 1 saturated heterocycles. The van der Waals surface area contributed by atoms with E-state index < -0.39 is 17.3 Å². The van der Waals surface area contributed by atoms with Gasteiger partial charge in [-0.15, -0.1) is 0 Å². The maximum absolute atomic E-state index is 12.9. The Morgan fingerprint density at radius 2 is 1.63 bits per heavy atom. The summed E-state index contributed by atoms with van der Waals surface area (Å²) in [5.41, 5.74) is -0.523. The number of benzene rings is 1. The molecule has 1 heterocycles. The molecule has 1 aliphatic carbocycles. The lowest BCUT2D eigenvalue weighted by molar-refractivity contribution is -0.137. The SMILES string of the molecule is CC(C)(C)OC(=O)N1C[C@@H]2CCCC[C@H]2C[C@H]1c1ccc(C(F)(F)F)cc1. The van der Waals surface area contributed by atoms with Gasteiger partial charge in [0.25, 0.3) is 0 Å². The van der Waals surface area contributed by atoms with Crippen LogP contribution < -0.4 is 0 Å². The number of hydrogen-bond acceptors (Lipinski definition) is 2. The third-order valence-corrected chi connectivity index (χ3v) is 5.65. The zero-order chi connectivity index (χ0) is 19.8. The smallest absolute Gasteiger partial charge is 0.416 e. The molecule has 1 amide bonds. The van der Waals surface area contributed by atoms with Gasteiger partial charge in [-0.3, -0.25) is 0 Å². The van der Waals surface area contributed by atoms with E-state index in [1.54, 1.807) is 4.90 Å². The van der Waals surface area contributed by atoms with E-state index >= 15 is 0 Å². The van der Waals surface area contributed by atoms with Crippen molar-refractivity contribution < 1.29 is 22.7 Å². The number of piperidine rings is 1. The predicted octanol–water partition coefficient (Wildman–Crippen LogP) is 6.19. The zero-order valence-corrected chi connectivity index (χ0v) is 16.2. The number of rotatable bonds is 1. The number of fused-ring (bicyclic) bond motifs is 1. The second-order valence-electron chi connectivity index (χ2n) is 8.81. The highest BCUT2D eigenvalue weighted by Gasteiger charge is 2.41. The fourth-order valence-electron chi connectivity index (χ4n) is 4.36. The zero-order valence-electron chi connectivity index (χ0n) is 16.2. The number of alkyl halides is 3. The van der Waals surface area contributed by atoms with Crippen molar-refractivity contribution in [2.45, 2.75) is 70.7 Å². The van der Waals surface area contributed by atoms with Crippen LogP contribution in [0.5, 0.6) is 0 Å². The number of halogens is 3. The maximum Gasteiger partial charge on any atom is 0.416 e. The molecule has 1 aromatic carbocycles. The monoisotopic (exact) mass is 383 g/mol. The molecule has 1 aromatic rings. The van der Waals surface area contributed by atoms with Crippen LogP contribution in [0.15, 0.2) is 24.3 Å². The van der Waals surface area contributed by atoms with Crippen molar-refractivity contribution in [3.63, 3.8) is 0 Å². The number of ether oxygens (including phenoxy) is 1. The van der Waals surface area contributed by atoms with Gasteiger partial charge >= 0.3 is 12.3 Å². The molecule has 2 fully saturated rings. The summed E-state index contributed by atoms with van der Waals surface area (Å²) in [6.45, 7) is 6.09. The molecule has 0 bridgehead atoms. The molecule has 3 atom stereocenters. The molecule has 1 aliphatic heterocycles. The Labute approximate surface area is 158 Å². The summed E-state index contributed by atoms with van der Waals surface area (Å²) in [6, 6.07) is 4.99. The summed E-state index contributed by atoms with van der Waals surface area (Å²) in [6.07, 6.45) is 0.644. The summed E-state index contributed by atoms with van der Waals surface area (Å²) < 4.78 is 44.3. The van der Waals surface area contributed by atoms with Gasteiger partial charge in [0.15, 0.2) is 0 Å². The van der Waals surface area contributed by atoms with Crippen LogP contribution >= 0.6 is 0 Å². The molecule has 0 N–H and O–H groups in total. The standard InChI is InChI=1S/C21H28F3NO2/c1-20(2,3)27-19(26)25-13-16-7-5-4-6-15(16)12-18(25)14-8-10-17(11-9-14)21(22,23)24/h8-11,15-16,18H,4-7,12-13H2,1-3H3/t15-,16-,18-/m0/s1. The number of carbonyl (C=O) groups is 1. The molecular formula is C21H28F3NO2. The number of hydrogen-bond donors (Lipinski definition) is 0. The van der Waals surface area contributed by atoms with Gasteiger partial charge in [-0.05, 0) is 63.1 Å². The normalized spacial score (nSPS) is 26.4. The van der Waals surface area contributed by atoms with E-state index in [-0.39, 0.29) is 12.1 Å². The van der Waals surface area contributed by atoms with E-state index in [9.17, 15) is 18.0 Å². The Morgan fingerprint density at radius 3 is 2.19 bits per heavy atom. The lowest BCUT2D eigenvalue weighted by Gasteiger charge is -2.46. The van der Waals surface area contributed by atoms with Crippen molar-refractivity contribution in [3.05, 3.63) is 35.4 Å². The number of likely N-dealkylation sites (tertiary alicyclic amines) is 1. The topological polar surface area (TPSA) is 29.5 Å². The van der Waals surface area contributed by atoms with E-state index in [0.717, 1.165) is 37.0 Å². The third-order valence-electron chi connectivity index (χ3n) is 5.65. The molecule has 3 rings (SSSR count). The molecule has 6 heteroatoms. The molecule has 27 heavy (non-hydrogen) atoms. The van der Waals surface area contributed by atoms with Gasteiger partial charge < -0.3 is 9.64 Å². The van der Waals surface area contributed by atoms with E-state index in [1.165, 1.54) is 25.0 Å². The van der Waals surface area contributed by atoms with Gasteiger partial charge in [0.2, 0.25) is 0 Å². The fourth-order valence-corrected chi connectivity index (χ4v) is 4.36. The number of carbonyl (C=O) groups excluding carboxylic acids is 1. The fraction of sp³-hybridized carbons (Fsp3) is 0.667. The molecular weight excluding hydrogens is 355 g/mol. The molecule has 150 valence electrons. The predicted molar refractivity (Wildman–Crippen MR) is 97.2 cm³/mol. The Hall–Kier alpha value is -1.72. The van der Waals surface area contributed by atoms with Crippen LogP contribution in [0.3, 0.4) is 0 Å². The van der Waals surface area contributed by atoms with Gasteiger partial charge in [0, 0.05) is 6.54 Å². The van der Waals surface area contributed by atoms with E-state index in [0.29, 0.717) is 18.4 Å². The third kappa shape index (κ3) is 4.77. The first-order valence-corrected chi connectivity index (χ1v) is 9.71. The molecule has 3 nitrogen and oxygen atoms in total. The molecule has 1 saturated carbocycles. The highest BCUT2D eigenvalue weighted by atomic mass is 19.4. The summed E-state index contributed by atoms with van der Waals surface area (Å²) in [7, 11) is 0. The maximum atomic E-state index is 12.9. The van der Waals surface area contributed by atoms with Crippen LogP contribution in [-0.2, 0) is 10.9 Å². The van der Waals surface area contributed by atoms with Crippen molar-refractivity contribution in [2.75, 3.05) is 6.54 Å². The largest absolute Gasteiger partial charge is 0.444 e. The first-order chi connectivity index (χ1) is 12.5. The summed E-state index contributed by atoms with van der Waals surface area (Å²) in [4.78, 5) is 14.6. The second kappa shape index (κ2) is 7.36. The highest BCUT2D eigenvalue weighted by molar-refractivity contribution is 5.69. The van der Waals surface area contributed by atoms with Gasteiger partial charge in [-0.2, -0.15) is 13.2 Å². The van der Waals surface area contributed by atoms with Crippen molar-refractivity contribution >= 4 is 6.09 Å². The lowest BCUT2D eigenvalue weighted by Crippen LogP contribution is -2.48. The van der Waals surface area contributed by atoms with Crippen LogP contribution in [0.25, 0.3) is 0 Å². The average molecular weight is 383 g/mol. The molecule has 0 radical (unpaired) electrons. The minimum Gasteiger partial charge on any atom is -0.444 e. The lowest BCUT2D eigenvalue weighted by atomic mass is 9.72. The number of amides is 1. The second-order valence-corrected chi connectivity index (χ2v) is 8.81. The molecule has 2 aliphatic rings. The van der Waals surface area contributed by atoms with Crippen LogP contribution in [0.2, 0.25) is 0 Å².